The van der Waals surface area contributed by atoms with Crippen LogP contribution in [-0.4, -0.2) is 32.4 Å². The van der Waals surface area contributed by atoms with E-state index in [0.717, 1.165) is 23.8 Å². The fraction of sp³-hybridized carbons (Fsp3) is 0.500. The van der Waals surface area contributed by atoms with Gasteiger partial charge in [0.05, 0.1) is 0 Å². The minimum absolute atomic E-state index is 0.0110. The molecule has 29 heavy (non-hydrogen) atoms. The molecule has 1 unspecified atom stereocenters. The van der Waals surface area contributed by atoms with Crippen LogP contribution in [-0.2, 0) is 16.1 Å². The summed E-state index contributed by atoms with van der Waals surface area (Å²) in [5.41, 5.74) is 1.06. The molecule has 3 atom stereocenters. The Labute approximate surface area is 180 Å². The molecule has 0 aliphatic carbocycles. The van der Waals surface area contributed by atoms with Gasteiger partial charge < -0.3 is 0 Å². The summed E-state index contributed by atoms with van der Waals surface area (Å²) in [5.74, 6) is -0.318. The van der Waals surface area contributed by atoms with Crippen molar-refractivity contribution in [3.05, 3.63) is 59.5 Å². The Balaban J connectivity index is 1.76. The molecule has 0 N–H and O–H groups in total. The number of allylic oxidation sites excluding steroid dienone is 3. The van der Waals surface area contributed by atoms with E-state index in [1.807, 2.05) is 37.3 Å². The van der Waals surface area contributed by atoms with Gasteiger partial charge in [-0.3, -0.25) is 0 Å². The number of aliphatic imine (C=N–C) groups is 1. The van der Waals surface area contributed by atoms with Crippen LogP contribution in [0.15, 0.2) is 58.9 Å². The molecule has 3 rings (SSSR count). The van der Waals surface area contributed by atoms with Crippen LogP contribution in [0.5, 0.6) is 0 Å². The van der Waals surface area contributed by atoms with Crippen LogP contribution in [0.1, 0.15) is 38.7 Å². The number of hydrogen-bond donors (Lipinski definition) is 0. The van der Waals surface area contributed by atoms with Gasteiger partial charge in [-0.15, -0.1) is 0 Å². The van der Waals surface area contributed by atoms with Crippen LogP contribution in [0.25, 0.3) is 0 Å². The third-order valence-corrected chi connectivity index (χ3v) is 8.62. The summed E-state index contributed by atoms with van der Waals surface area (Å²) in [4.78, 5) is 4.42. The summed E-state index contributed by atoms with van der Waals surface area (Å²) < 4.78 is 54.2. The third-order valence-electron chi connectivity index (χ3n) is 4.97. The van der Waals surface area contributed by atoms with E-state index in [1.165, 1.54) is 4.43 Å². The summed E-state index contributed by atoms with van der Waals surface area (Å²) >= 11 is 0.0110. The van der Waals surface area contributed by atoms with Crippen LogP contribution >= 0.6 is 0 Å². The van der Waals surface area contributed by atoms with Crippen molar-refractivity contribution in [1.29, 1.82) is 0 Å². The first-order chi connectivity index (χ1) is 13.8. The zero-order valence-corrected chi connectivity index (χ0v) is 18.7. The quantitative estimate of drug-likeness (QED) is 0.409. The number of rotatable bonds is 7. The third kappa shape index (κ3) is 6.31. The van der Waals surface area contributed by atoms with Crippen molar-refractivity contribution in [3.8, 4) is 0 Å². The molecule has 160 valence electrons. The first kappa shape index (κ1) is 22.3. The van der Waals surface area contributed by atoms with Gasteiger partial charge in [0.1, 0.15) is 0 Å². The molecular formula is C22H26F3INO2-. The van der Waals surface area contributed by atoms with Crippen molar-refractivity contribution in [3.63, 3.8) is 0 Å². The van der Waals surface area contributed by atoms with Crippen molar-refractivity contribution >= 4 is 5.71 Å². The second-order valence-electron chi connectivity index (χ2n) is 7.18. The molecule has 0 amide bonds. The summed E-state index contributed by atoms with van der Waals surface area (Å²) in [6.45, 7) is 3.91. The van der Waals surface area contributed by atoms with Crippen LogP contribution in [0, 0.1) is 0 Å². The first-order valence-corrected chi connectivity index (χ1v) is 12.6. The average Bonchev–Trinajstić information content (AvgIpc) is 2.61. The molecule has 1 aromatic rings. The van der Waals surface area contributed by atoms with Gasteiger partial charge in [0.2, 0.25) is 0 Å². The molecule has 0 radical (unpaired) electrons. The molecule has 0 aromatic heterocycles. The predicted octanol–water partition coefficient (Wildman–Crippen LogP) is 2.42. The number of halogens is 4. The second-order valence-corrected chi connectivity index (χ2v) is 10.6. The van der Waals surface area contributed by atoms with Gasteiger partial charge in [0.15, 0.2) is 0 Å². The van der Waals surface area contributed by atoms with Crippen LogP contribution in [0.3, 0.4) is 0 Å². The van der Waals surface area contributed by atoms with E-state index in [0.29, 0.717) is 23.4 Å². The van der Waals surface area contributed by atoms with E-state index in [2.05, 4.69) is 4.99 Å². The Morgan fingerprint density at radius 2 is 1.90 bits per heavy atom. The Hall–Kier alpha value is -1.35. The first-order valence-electron chi connectivity index (χ1n) is 9.80. The molecule has 1 saturated heterocycles. The van der Waals surface area contributed by atoms with Gasteiger partial charge in [-0.25, -0.2) is 0 Å². The number of benzene rings is 1. The van der Waals surface area contributed by atoms with Crippen molar-refractivity contribution in [2.24, 2.45) is 4.99 Å². The monoisotopic (exact) mass is 520 g/mol. The Morgan fingerprint density at radius 3 is 2.52 bits per heavy atom. The molecule has 2 aliphatic rings. The Morgan fingerprint density at radius 1 is 1.17 bits per heavy atom. The topological polar surface area (TPSA) is 30.8 Å². The fourth-order valence-electron chi connectivity index (χ4n) is 2.97. The molecule has 0 saturated carbocycles. The second kappa shape index (κ2) is 10.1. The molecule has 7 heteroatoms. The molecular weight excluding hydrogens is 494 g/mol. The van der Waals surface area contributed by atoms with Gasteiger partial charge in [-0.2, -0.15) is 0 Å². The number of hydrogen-bond acceptors (Lipinski definition) is 3. The fourth-order valence-corrected chi connectivity index (χ4v) is 5.17. The van der Waals surface area contributed by atoms with Gasteiger partial charge in [0.25, 0.3) is 0 Å². The summed E-state index contributed by atoms with van der Waals surface area (Å²) in [7, 11) is 0. The van der Waals surface area contributed by atoms with Crippen molar-refractivity contribution < 1.29 is 43.9 Å². The van der Waals surface area contributed by atoms with Crippen molar-refractivity contribution in [1.82, 2.24) is 0 Å². The molecule has 1 aromatic carbocycles. The van der Waals surface area contributed by atoms with E-state index >= 15 is 0 Å². The number of ether oxygens (including phenoxy) is 2. The normalized spacial score (nSPS) is 22.5. The van der Waals surface area contributed by atoms with Crippen molar-refractivity contribution in [2.75, 3.05) is 4.43 Å². The van der Waals surface area contributed by atoms with E-state index in [4.69, 9.17) is 9.47 Å². The maximum atomic E-state index is 13.7. The Bertz CT molecular complexity index is 770. The Kier molecular flexibility index (Phi) is 7.79. The van der Waals surface area contributed by atoms with Gasteiger partial charge in [-0.05, 0) is 0 Å². The van der Waals surface area contributed by atoms with E-state index < -0.39 is 17.9 Å². The zero-order chi connectivity index (χ0) is 20.9. The summed E-state index contributed by atoms with van der Waals surface area (Å²) in [5, 5.41) is 0. The van der Waals surface area contributed by atoms with Crippen LogP contribution in [0.2, 0.25) is 0 Å². The molecule has 2 aliphatic heterocycles. The average molecular weight is 520 g/mol. The molecule has 0 spiro atoms. The minimum atomic E-state index is -4.51. The van der Waals surface area contributed by atoms with E-state index in [-0.39, 0.29) is 33.2 Å². The zero-order valence-electron chi connectivity index (χ0n) is 16.6. The number of nitrogens with zero attached hydrogens (tertiary/aromatic N) is 1. The van der Waals surface area contributed by atoms with E-state index in [1.54, 1.807) is 13.0 Å². The van der Waals surface area contributed by atoms with Gasteiger partial charge in [0, 0.05) is 0 Å². The molecule has 1 fully saturated rings. The SMILES string of the molecule is C[C@@H](OCc1ccccc1)[C@@H](C)OC1=C(C(F)(F)F)C=CCCC(C2CC[I-]2)=N1. The molecule has 0 bridgehead atoms. The van der Waals surface area contributed by atoms with Crippen LogP contribution < -0.4 is 21.2 Å². The van der Waals surface area contributed by atoms with E-state index in [9.17, 15) is 13.2 Å². The standard InChI is InChI=1S/C22H26F3INO2/c1-15(28-14-17-8-4-3-5-9-17)16(2)29-21-18(22(23,24)25)10-6-7-11-20(27-21)19-12-13-26-19/h3-6,8-10,15-16,19H,7,11-14H2,1-2H3/q-1/t15-,16-,19?/m1/s1. The maximum absolute atomic E-state index is 13.7. The summed E-state index contributed by atoms with van der Waals surface area (Å²) in [6.07, 6.45) is -0.463. The molecule has 3 nitrogen and oxygen atoms in total. The van der Waals surface area contributed by atoms with Gasteiger partial charge in [-0.1, -0.05) is 6.07 Å². The van der Waals surface area contributed by atoms with Crippen molar-refractivity contribution in [2.45, 2.75) is 62.0 Å². The summed E-state index contributed by atoms with van der Waals surface area (Å²) in [6, 6.07) is 9.65. The predicted molar refractivity (Wildman–Crippen MR) is 103 cm³/mol. The number of alkyl halides is 5. The molecule has 2 heterocycles. The van der Waals surface area contributed by atoms with Gasteiger partial charge >= 0.3 is 174 Å². The van der Waals surface area contributed by atoms with Crippen LogP contribution in [0.4, 0.5) is 13.2 Å².